The van der Waals surface area contributed by atoms with Crippen LogP contribution in [0.2, 0.25) is 0 Å². The lowest BCUT2D eigenvalue weighted by Gasteiger charge is -2.09. The maximum absolute atomic E-state index is 11.1. The Kier molecular flexibility index (Phi) is 3.90. The van der Waals surface area contributed by atoms with E-state index in [0.29, 0.717) is 17.5 Å². The number of hydrogen-bond acceptors (Lipinski definition) is 4. The van der Waals surface area contributed by atoms with Crippen LogP contribution in [0.4, 0.5) is 0 Å². The molecular formula is C12H13NO3. The first-order chi connectivity index (χ1) is 7.63. The van der Waals surface area contributed by atoms with Crippen molar-refractivity contribution in [3.05, 3.63) is 28.8 Å². The lowest BCUT2D eigenvalue weighted by molar-refractivity contribution is -0.139. The minimum Gasteiger partial charge on any atom is -0.506 e. The third-order valence-electron chi connectivity index (χ3n) is 2.42. The number of hydrogen-bond donors (Lipinski definition) is 1. The van der Waals surface area contributed by atoms with Gasteiger partial charge in [-0.2, -0.15) is 5.26 Å². The van der Waals surface area contributed by atoms with E-state index >= 15 is 0 Å². The number of methoxy groups -OCH3 is 1. The maximum Gasteiger partial charge on any atom is 0.309 e. The molecule has 0 spiro atoms. The van der Waals surface area contributed by atoms with Gasteiger partial charge >= 0.3 is 5.97 Å². The molecule has 0 radical (unpaired) electrons. The fourth-order valence-corrected chi connectivity index (χ4v) is 1.56. The number of nitrogens with zero attached hydrogens (tertiary/aromatic N) is 1. The minimum atomic E-state index is -0.362. The van der Waals surface area contributed by atoms with Gasteiger partial charge in [-0.3, -0.25) is 4.79 Å². The van der Waals surface area contributed by atoms with Crippen molar-refractivity contribution in [3.8, 4) is 11.8 Å². The molecule has 1 aromatic rings. The molecule has 0 heterocycles. The molecule has 0 aromatic heterocycles. The predicted octanol–water partition coefficient (Wildman–Crippen LogP) is 1.54. The third kappa shape index (κ3) is 2.31. The highest BCUT2D eigenvalue weighted by Crippen LogP contribution is 2.26. The van der Waals surface area contributed by atoms with E-state index in [0.717, 1.165) is 0 Å². The van der Waals surface area contributed by atoms with Crippen molar-refractivity contribution < 1.29 is 14.6 Å². The smallest absolute Gasteiger partial charge is 0.309 e. The Labute approximate surface area is 94.1 Å². The summed E-state index contributed by atoms with van der Waals surface area (Å²) < 4.78 is 4.56. The average molecular weight is 219 g/mol. The van der Waals surface area contributed by atoms with Gasteiger partial charge in [0, 0.05) is 0 Å². The van der Waals surface area contributed by atoms with Crippen molar-refractivity contribution in [1.82, 2.24) is 0 Å². The molecule has 1 N–H and O–H groups in total. The van der Waals surface area contributed by atoms with Crippen molar-refractivity contribution in [2.45, 2.75) is 19.8 Å². The van der Waals surface area contributed by atoms with E-state index in [-0.39, 0.29) is 23.7 Å². The number of esters is 1. The van der Waals surface area contributed by atoms with Crippen LogP contribution in [-0.4, -0.2) is 18.2 Å². The van der Waals surface area contributed by atoms with Crippen molar-refractivity contribution in [2.75, 3.05) is 7.11 Å². The van der Waals surface area contributed by atoms with Gasteiger partial charge in [-0.25, -0.2) is 0 Å². The van der Waals surface area contributed by atoms with E-state index in [2.05, 4.69) is 4.74 Å². The molecule has 0 bridgehead atoms. The zero-order valence-electron chi connectivity index (χ0n) is 9.28. The van der Waals surface area contributed by atoms with Gasteiger partial charge in [-0.1, -0.05) is 13.0 Å². The van der Waals surface area contributed by atoms with Crippen LogP contribution in [0.25, 0.3) is 0 Å². The van der Waals surface area contributed by atoms with Gasteiger partial charge in [0.15, 0.2) is 0 Å². The van der Waals surface area contributed by atoms with E-state index in [4.69, 9.17) is 5.26 Å². The zero-order valence-corrected chi connectivity index (χ0v) is 9.28. The van der Waals surface area contributed by atoms with Crippen molar-refractivity contribution in [1.29, 1.82) is 5.26 Å². The Morgan fingerprint density at radius 2 is 2.25 bits per heavy atom. The minimum absolute atomic E-state index is 0.0357. The molecule has 0 saturated carbocycles. The summed E-state index contributed by atoms with van der Waals surface area (Å²) in [7, 11) is 1.32. The van der Waals surface area contributed by atoms with Crippen molar-refractivity contribution in [3.63, 3.8) is 0 Å². The number of carbonyl (C=O) groups excluding carboxylic acids is 1. The van der Waals surface area contributed by atoms with Gasteiger partial charge in [-0.05, 0) is 23.6 Å². The number of phenolic OH excluding ortho intramolecular Hbond substituents is 1. The highest BCUT2D eigenvalue weighted by atomic mass is 16.5. The van der Waals surface area contributed by atoms with Crippen LogP contribution < -0.4 is 0 Å². The first kappa shape index (κ1) is 12.1. The lowest BCUT2D eigenvalue weighted by atomic mass is 9.98. The Morgan fingerprint density at radius 3 is 2.75 bits per heavy atom. The van der Waals surface area contributed by atoms with E-state index < -0.39 is 0 Å². The molecule has 0 aliphatic carbocycles. The molecule has 0 aliphatic rings. The quantitative estimate of drug-likeness (QED) is 0.783. The summed E-state index contributed by atoms with van der Waals surface area (Å²) in [5, 5.41) is 18.5. The van der Waals surface area contributed by atoms with E-state index in [9.17, 15) is 9.90 Å². The molecule has 4 heteroatoms. The number of rotatable bonds is 3. The standard InChI is InChI=1S/C12H13NO3/c1-3-10-8(6-11(14)16-2)4-5-9(7-13)12(10)15/h4-5,15H,3,6H2,1-2H3. The van der Waals surface area contributed by atoms with E-state index in [1.165, 1.54) is 13.2 Å². The largest absolute Gasteiger partial charge is 0.506 e. The number of phenols is 1. The maximum atomic E-state index is 11.1. The second-order valence-corrected chi connectivity index (χ2v) is 3.32. The van der Waals surface area contributed by atoms with Crippen LogP contribution in [0, 0.1) is 11.3 Å². The lowest BCUT2D eigenvalue weighted by Crippen LogP contribution is -2.07. The van der Waals surface area contributed by atoms with E-state index in [1.54, 1.807) is 6.07 Å². The molecule has 16 heavy (non-hydrogen) atoms. The molecule has 0 atom stereocenters. The first-order valence-electron chi connectivity index (χ1n) is 4.94. The van der Waals surface area contributed by atoms with Crippen LogP contribution in [0.1, 0.15) is 23.6 Å². The second-order valence-electron chi connectivity index (χ2n) is 3.32. The van der Waals surface area contributed by atoms with Crippen molar-refractivity contribution in [2.24, 2.45) is 0 Å². The first-order valence-corrected chi connectivity index (χ1v) is 4.94. The Bertz CT molecular complexity index is 446. The number of aromatic hydroxyl groups is 1. The van der Waals surface area contributed by atoms with Gasteiger partial charge in [-0.15, -0.1) is 0 Å². The van der Waals surface area contributed by atoms with Crippen molar-refractivity contribution >= 4 is 5.97 Å². The molecule has 0 amide bonds. The summed E-state index contributed by atoms with van der Waals surface area (Å²) >= 11 is 0. The summed E-state index contributed by atoms with van der Waals surface area (Å²) in [5.74, 6) is -0.398. The highest BCUT2D eigenvalue weighted by Gasteiger charge is 2.13. The molecule has 1 aromatic carbocycles. The third-order valence-corrected chi connectivity index (χ3v) is 2.42. The zero-order chi connectivity index (χ0) is 12.1. The number of benzene rings is 1. The Morgan fingerprint density at radius 1 is 1.56 bits per heavy atom. The molecule has 1 rings (SSSR count). The topological polar surface area (TPSA) is 70.3 Å². The predicted molar refractivity (Wildman–Crippen MR) is 57.9 cm³/mol. The van der Waals surface area contributed by atoms with Gasteiger partial charge in [0.1, 0.15) is 11.8 Å². The van der Waals surface area contributed by atoms with Crippen LogP contribution in [-0.2, 0) is 22.4 Å². The SMILES string of the molecule is CCc1c(CC(=O)OC)ccc(C#N)c1O. The summed E-state index contributed by atoms with van der Waals surface area (Å²) in [4.78, 5) is 11.1. The fourth-order valence-electron chi connectivity index (χ4n) is 1.56. The average Bonchev–Trinajstić information content (AvgIpc) is 2.29. The van der Waals surface area contributed by atoms with Gasteiger partial charge < -0.3 is 9.84 Å². The molecule has 4 nitrogen and oxygen atoms in total. The molecule has 0 saturated heterocycles. The summed E-state index contributed by atoms with van der Waals surface area (Å²) in [6, 6.07) is 5.08. The van der Waals surface area contributed by atoms with Gasteiger partial charge in [0.05, 0.1) is 19.1 Å². The van der Waals surface area contributed by atoms with Crippen LogP contribution >= 0.6 is 0 Å². The molecule has 84 valence electrons. The van der Waals surface area contributed by atoms with Gasteiger partial charge in [0.2, 0.25) is 0 Å². The molecule has 0 aliphatic heterocycles. The number of ether oxygens (including phenoxy) is 1. The molecule has 0 unspecified atom stereocenters. The van der Waals surface area contributed by atoms with Crippen LogP contribution in [0.15, 0.2) is 12.1 Å². The van der Waals surface area contributed by atoms with Crippen LogP contribution in [0.5, 0.6) is 5.75 Å². The van der Waals surface area contributed by atoms with Crippen LogP contribution in [0.3, 0.4) is 0 Å². The normalized spacial score (nSPS) is 9.56. The van der Waals surface area contributed by atoms with E-state index in [1.807, 2.05) is 13.0 Å². The summed E-state index contributed by atoms with van der Waals surface area (Å²) in [5.41, 5.74) is 1.56. The highest BCUT2D eigenvalue weighted by molar-refractivity contribution is 5.73. The Balaban J connectivity index is 3.17. The fraction of sp³-hybridized carbons (Fsp3) is 0.333. The second kappa shape index (κ2) is 5.17. The van der Waals surface area contributed by atoms with Gasteiger partial charge in [0.25, 0.3) is 0 Å². The number of carbonyl (C=O) groups is 1. The Hall–Kier alpha value is -2.02. The molecule has 0 fully saturated rings. The number of nitriles is 1. The monoisotopic (exact) mass is 219 g/mol. The summed E-state index contributed by atoms with van der Waals surface area (Å²) in [6.45, 7) is 1.86. The molecular weight excluding hydrogens is 206 g/mol. The summed E-state index contributed by atoms with van der Waals surface area (Å²) in [6.07, 6.45) is 0.673.